The molecule has 0 fully saturated rings. The summed E-state index contributed by atoms with van der Waals surface area (Å²) in [6, 6.07) is 23.0. The van der Waals surface area contributed by atoms with Crippen molar-refractivity contribution in [3.05, 3.63) is 106 Å². The minimum absolute atomic E-state index is 0.492. The van der Waals surface area contributed by atoms with Crippen LogP contribution in [0.1, 0.15) is 30.0 Å². The molecule has 4 aromatic rings. The molecule has 6 nitrogen and oxygen atoms in total. The molecule has 0 atom stereocenters. The van der Waals surface area contributed by atoms with Crippen LogP contribution in [0, 0.1) is 10.8 Å². The summed E-state index contributed by atoms with van der Waals surface area (Å²) >= 11 is 0. The number of benzene rings is 3. The van der Waals surface area contributed by atoms with E-state index in [4.69, 9.17) is 15.9 Å². The van der Waals surface area contributed by atoms with Crippen LogP contribution < -0.4 is 0 Å². The average molecular weight is 592 g/mol. The second-order valence-corrected chi connectivity index (χ2v) is 8.46. The van der Waals surface area contributed by atoms with Gasteiger partial charge in [-0.15, -0.1) is 0 Å². The summed E-state index contributed by atoms with van der Waals surface area (Å²) in [5.74, 6) is 0. The minimum atomic E-state index is -6.00. The molecule has 0 spiro atoms. The molecule has 16 heteroatoms. The zero-order valence-electron chi connectivity index (χ0n) is 21.9. The molecule has 0 aliphatic rings. The maximum atomic E-state index is 9.75. The van der Waals surface area contributed by atoms with Gasteiger partial charge >= 0.3 is 25.9 Å². The molecule has 218 valence electrons. The van der Waals surface area contributed by atoms with Crippen molar-refractivity contribution in [2.45, 2.75) is 19.8 Å². The van der Waals surface area contributed by atoms with Crippen molar-refractivity contribution in [3.8, 4) is 16.9 Å². The topological polar surface area (TPSA) is 74.1 Å². The number of aryl methyl sites for hydroxylation is 1. The van der Waals surface area contributed by atoms with Crippen LogP contribution in [0.2, 0.25) is 0 Å². The van der Waals surface area contributed by atoms with E-state index < -0.39 is 14.5 Å². The molecule has 0 saturated carbocycles. The summed E-state index contributed by atoms with van der Waals surface area (Å²) in [4.78, 5) is 6.40. The van der Waals surface area contributed by atoms with Crippen molar-refractivity contribution < 1.29 is 34.5 Å². The second-order valence-electron chi connectivity index (χ2n) is 8.46. The van der Waals surface area contributed by atoms with Crippen LogP contribution in [0.4, 0.5) is 45.9 Å². The molecule has 0 bridgehead atoms. The van der Waals surface area contributed by atoms with Gasteiger partial charge in [0.05, 0.1) is 11.4 Å². The van der Waals surface area contributed by atoms with Gasteiger partial charge in [-0.05, 0) is 41.8 Å². The molecule has 0 aliphatic heterocycles. The molecular formula is C26H22B2F8N6. The summed E-state index contributed by atoms with van der Waals surface area (Å²) < 4.78 is 79.8. The Hall–Kier alpha value is -4.98. The number of hydrogen-bond acceptors (Lipinski definition) is 3. The molecule has 0 unspecified atom stereocenters. The molecule has 0 N–H and O–H groups in total. The van der Waals surface area contributed by atoms with Gasteiger partial charge in [0.15, 0.2) is 9.95 Å². The molecular weight excluding hydrogens is 570 g/mol. The molecule has 0 saturated heterocycles. The van der Waals surface area contributed by atoms with Gasteiger partial charge in [-0.25, -0.2) is 4.68 Å². The molecule has 3 aromatic carbocycles. The van der Waals surface area contributed by atoms with Crippen molar-refractivity contribution in [1.82, 2.24) is 9.78 Å². The number of hydrogen-bond donors (Lipinski definition) is 0. The van der Waals surface area contributed by atoms with Crippen LogP contribution in [0.25, 0.3) is 39.0 Å². The standard InChI is InChI=1S/C26H22N6.2BF4/c1-2-3-19-4-9-21(10-5-19)26-22(11-6-20-7-12-23(29-27)13-8-20)18-32(31-26)25-16-14-24(30-28)15-17-25;2*2-1(3,4)5/h4-18H,2-3H2,1H3;;/q+2;2*-1/b11-6+;;. The lowest BCUT2D eigenvalue weighted by atomic mass is 10.0. The normalized spacial score (nSPS) is 11.0. The van der Waals surface area contributed by atoms with Gasteiger partial charge in [0.25, 0.3) is 0 Å². The van der Waals surface area contributed by atoms with E-state index in [1.165, 1.54) is 5.56 Å². The van der Waals surface area contributed by atoms with Crippen molar-refractivity contribution in [3.63, 3.8) is 0 Å². The number of rotatable bonds is 6. The molecule has 42 heavy (non-hydrogen) atoms. The molecule has 1 heterocycles. The van der Waals surface area contributed by atoms with Gasteiger partial charge in [-0.2, -0.15) is 5.10 Å². The van der Waals surface area contributed by atoms with Gasteiger partial charge in [0.1, 0.15) is 0 Å². The minimum Gasteiger partial charge on any atom is -0.418 e. The van der Waals surface area contributed by atoms with Crippen molar-refractivity contribution in [2.24, 2.45) is 0 Å². The maximum Gasteiger partial charge on any atom is 0.673 e. The van der Waals surface area contributed by atoms with Gasteiger partial charge < -0.3 is 34.5 Å². The first-order valence-electron chi connectivity index (χ1n) is 12.2. The third-order valence-corrected chi connectivity index (χ3v) is 5.20. The Kier molecular flexibility index (Phi) is 12.0. The molecule has 0 radical (unpaired) electrons. The van der Waals surface area contributed by atoms with Gasteiger partial charge in [0, 0.05) is 41.6 Å². The number of aromatic nitrogens is 2. The second kappa shape index (κ2) is 15.1. The lowest BCUT2D eigenvalue weighted by Gasteiger charge is -2.03. The Bertz CT molecular complexity index is 1510. The summed E-state index contributed by atoms with van der Waals surface area (Å²) in [5, 5.41) is 22.7. The molecule has 4 rings (SSSR count). The van der Waals surface area contributed by atoms with Crippen LogP contribution in [0.3, 0.4) is 0 Å². The Morgan fingerprint density at radius 1 is 0.714 bits per heavy atom. The lowest BCUT2D eigenvalue weighted by Crippen LogP contribution is -2.02. The van der Waals surface area contributed by atoms with Crippen LogP contribution in [-0.4, -0.2) is 24.3 Å². The highest BCUT2D eigenvalue weighted by atomic mass is 19.5. The fourth-order valence-electron chi connectivity index (χ4n) is 3.49. The monoisotopic (exact) mass is 592 g/mol. The van der Waals surface area contributed by atoms with E-state index >= 15 is 0 Å². The highest BCUT2D eigenvalue weighted by molar-refractivity contribution is 6.50. The van der Waals surface area contributed by atoms with E-state index in [9.17, 15) is 34.5 Å². The Balaban J connectivity index is 0.000000533. The van der Waals surface area contributed by atoms with E-state index in [0.717, 1.165) is 40.9 Å². The van der Waals surface area contributed by atoms with Crippen LogP contribution in [-0.2, 0) is 6.42 Å². The van der Waals surface area contributed by atoms with Crippen molar-refractivity contribution in [1.29, 1.82) is 10.8 Å². The first kappa shape index (κ1) is 33.2. The predicted molar refractivity (Wildman–Crippen MR) is 148 cm³/mol. The van der Waals surface area contributed by atoms with E-state index in [2.05, 4.69) is 41.1 Å². The van der Waals surface area contributed by atoms with Crippen molar-refractivity contribution >= 4 is 38.0 Å². The predicted octanol–water partition coefficient (Wildman–Crippen LogP) is 10.2. The summed E-state index contributed by atoms with van der Waals surface area (Å²) in [7, 11) is -12.0. The van der Waals surface area contributed by atoms with E-state index in [1.54, 1.807) is 24.3 Å². The first-order valence-corrected chi connectivity index (χ1v) is 12.2. The first-order chi connectivity index (χ1) is 19.7. The molecule has 0 amide bonds. The smallest absolute Gasteiger partial charge is 0.418 e. The average Bonchev–Trinajstić information content (AvgIpc) is 3.35. The Morgan fingerprint density at radius 2 is 1.19 bits per heavy atom. The highest BCUT2D eigenvalue weighted by Gasteiger charge is 2.21. The fraction of sp³-hybridized carbons (Fsp3) is 0.115. The molecule has 0 aliphatic carbocycles. The van der Waals surface area contributed by atoms with Gasteiger partial charge in [0.2, 0.25) is 10.8 Å². The van der Waals surface area contributed by atoms with Crippen molar-refractivity contribution in [2.75, 3.05) is 0 Å². The Morgan fingerprint density at radius 3 is 1.64 bits per heavy atom. The Labute approximate surface area is 235 Å². The van der Waals surface area contributed by atoms with E-state index in [-0.39, 0.29) is 0 Å². The quantitative estimate of drug-likeness (QED) is 0.127. The highest BCUT2D eigenvalue weighted by Crippen LogP contribution is 2.27. The zero-order chi connectivity index (χ0) is 31.3. The largest absolute Gasteiger partial charge is 0.673 e. The fourth-order valence-corrected chi connectivity index (χ4v) is 3.49. The van der Waals surface area contributed by atoms with Gasteiger partial charge in [-0.1, -0.05) is 49.8 Å². The summed E-state index contributed by atoms with van der Waals surface area (Å²) in [6.07, 6.45) is 8.18. The molecule has 1 aromatic heterocycles. The SMILES string of the molecule is CCCc1ccc(-c2nn(-c3ccc([N+]#N)cc3)cc2/C=C/c2ccc([N+]#N)cc2)cc1.F[B-](F)(F)F.F[B-](F)(F)F. The lowest BCUT2D eigenvalue weighted by molar-refractivity contribution is 0.366. The number of nitrogens with zero attached hydrogens (tertiary/aromatic N) is 6. The van der Waals surface area contributed by atoms with Gasteiger partial charge in [-0.3, -0.25) is 0 Å². The number of halogens is 8. The third kappa shape index (κ3) is 12.5. The van der Waals surface area contributed by atoms with Crippen LogP contribution in [0.15, 0.2) is 79.0 Å². The zero-order valence-corrected chi connectivity index (χ0v) is 21.9. The van der Waals surface area contributed by atoms with E-state index in [1.807, 2.05) is 47.3 Å². The third-order valence-electron chi connectivity index (χ3n) is 5.20. The maximum absolute atomic E-state index is 9.75. The van der Waals surface area contributed by atoms with E-state index in [0.29, 0.717) is 11.4 Å². The van der Waals surface area contributed by atoms with Crippen LogP contribution in [0.5, 0.6) is 0 Å². The summed E-state index contributed by atoms with van der Waals surface area (Å²) in [5.41, 5.74) is 7.07. The van der Waals surface area contributed by atoms with Crippen LogP contribution >= 0.6 is 0 Å². The summed E-state index contributed by atoms with van der Waals surface area (Å²) in [6.45, 7) is 2.18. The number of diazo groups is 2.